The van der Waals surface area contributed by atoms with Gasteiger partial charge in [-0.25, -0.2) is 0 Å². The van der Waals surface area contributed by atoms with Gasteiger partial charge in [-0.2, -0.15) is 0 Å². The molecule has 104 valence electrons. The summed E-state index contributed by atoms with van der Waals surface area (Å²) < 4.78 is 15.5. The van der Waals surface area contributed by atoms with Crippen molar-refractivity contribution in [3.63, 3.8) is 0 Å². The van der Waals surface area contributed by atoms with Gasteiger partial charge in [0, 0.05) is 20.0 Å². The van der Waals surface area contributed by atoms with Crippen molar-refractivity contribution in [2.75, 3.05) is 14.2 Å². The Bertz CT molecular complexity index is 302. The second-order valence-corrected chi connectivity index (χ2v) is 4.69. The third kappa shape index (κ3) is 3.45. The summed E-state index contributed by atoms with van der Waals surface area (Å²) in [6, 6.07) is 0. The molecule has 0 aromatic carbocycles. The number of carbonyl (C=O) groups excluding carboxylic acids is 2. The van der Waals surface area contributed by atoms with Crippen molar-refractivity contribution in [2.45, 2.75) is 45.3 Å². The number of carbonyl (C=O) groups is 2. The summed E-state index contributed by atoms with van der Waals surface area (Å²) in [5.41, 5.74) is 0. The molecule has 5 nitrogen and oxygen atoms in total. The van der Waals surface area contributed by atoms with Crippen LogP contribution in [0.25, 0.3) is 0 Å². The maximum Gasteiger partial charge on any atom is 0.308 e. The Hall–Kier alpha value is -1.10. The number of hydrogen-bond donors (Lipinski definition) is 0. The van der Waals surface area contributed by atoms with Crippen molar-refractivity contribution in [2.24, 2.45) is 11.8 Å². The van der Waals surface area contributed by atoms with E-state index in [9.17, 15) is 9.59 Å². The molecule has 5 heteroatoms. The van der Waals surface area contributed by atoms with Gasteiger partial charge in [-0.3, -0.25) is 9.59 Å². The van der Waals surface area contributed by atoms with E-state index < -0.39 is 0 Å². The summed E-state index contributed by atoms with van der Waals surface area (Å²) in [5.74, 6) is -0.700. The third-order valence-electron chi connectivity index (χ3n) is 3.61. The quantitative estimate of drug-likeness (QED) is 0.716. The molecular weight excluding hydrogens is 236 g/mol. The molecule has 4 atom stereocenters. The minimum absolute atomic E-state index is 0.0720. The van der Waals surface area contributed by atoms with E-state index in [4.69, 9.17) is 14.2 Å². The standard InChI is InChI=1S/C13H22O5/c1-5-10-11(16-3)6-9(13(15)17-4)7-12(10)18-8(2)14/h9-12H,5-7H2,1-4H3/t9-,10+,11+,12-/m1/s1. The second kappa shape index (κ2) is 6.73. The molecular formula is C13H22O5. The molecule has 0 aliphatic heterocycles. The monoisotopic (exact) mass is 258 g/mol. The van der Waals surface area contributed by atoms with E-state index in [1.165, 1.54) is 14.0 Å². The van der Waals surface area contributed by atoms with Crippen LogP contribution in [0.15, 0.2) is 0 Å². The molecule has 0 unspecified atom stereocenters. The molecule has 1 aliphatic carbocycles. The van der Waals surface area contributed by atoms with E-state index in [0.717, 1.165) is 6.42 Å². The number of esters is 2. The largest absolute Gasteiger partial charge is 0.469 e. The summed E-state index contributed by atoms with van der Waals surface area (Å²) in [4.78, 5) is 22.8. The lowest BCUT2D eigenvalue weighted by molar-refractivity contribution is -0.167. The lowest BCUT2D eigenvalue weighted by Crippen LogP contribution is -2.45. The van der Waals surface area contributed by atoms with Gasteiger partial charge in [-0.05, 0) is 19.3 Å². The molecule has 1 fully saturated rings. The first kappa shape index (κ1) is 15.0. The van der Waals surface area contributed by atoms with Gasteiger partial charge in [0.15, 0.2) is 0 Å². The van der Waals surface area contributed by atoms with E-state index >= 15 is 0 Å². The molecule has 0 radical (unpaired) electrons. The second-order valence-electron chi connectivity index (χ2n) is 4.69. The SMILES string of the molecule is CC[C@H]1[C@@H](OC)C[C@@H](C(=O)OC)C[C@H]1OC(C)=O. The highest BCUT2D eigenvalue weighted by Crippen LogP contribution is 2.35. The fourth-order valence-electron chi connectivity index (χ4n) is 2.75. The van der Waals surface area contributed by atoms with E-state index in [1.54, 1.807) is 7.11 Å². The van der Waals surface area contributed by atoms with E-state index in [1.807, 2.05) is 6.92 Å². The maximum atomic E-state index is 11.6. The van der Waals surface area contributed by atoms with Gasteiger partial charge in [0.25, 0.3) is 0 Å². The molecule has 0 bridgehead atoms. The van der Waals surface area contributed by atoms with Crippen LogP contribution in [0.1, 0.15) is 33.1 Å². The molecule has 18 heavy (non-hydrogen) atoms. The van der Waals surface area contributed by atoms with Gasteiger partial charge in [0.05, 0.1) is 19.1 Å². The Kier molecular flexibility index (Phi) is 5.59. The van der Waals surface area contributed by atoms with Crippen molar-refractivity contribution in [1.82, 2.24) is 0 Å². The van der Waals surface area contributed by atoms with E-state index in [0.29, 0.717) is 12.8 Å². The summed E-state index contributed by atoms with van der Waals surface area (Å²) in [6.45, 7) is 3.42. The number of rotatable bonds is 4. The average molecular weight is 258 g/mol. The highest BCUT2D eigenvalue weighted by molar-refractivity contribution is 5.72. The highest BCUT2D eigenvalue weighted by atomic mass is 16.5. The Morgan fingerprint density at radius 3 is 2.22 bits per heavy atom. The number of hydrogen-bond acceptors (Lipinski definition) is 5. The Morgan fingerprint density at radius 1 is 1.17 bits per heavy atom. The van der Waals surface area contributed by atoms with Crippen molar-refractivity contribution in [3.05, 3.63) is 0 Å². The fraction of sp³-hybridized carbons (Fsp3) is 0.846. The molecule has 0 spiro atoms. The molecule has 0 aromatic heterocycles. The van der Waals surface area contributed by atoms with Crippen molar-refractivity contribution in [1.29, 1.82) is 0 Å². The normalized spacial score (nSPS) is 31.8. The van der Waals surface area contributed by atoms with Gasteiger partial charge in [-0.1, -0.05) is 6.92 Å². The zero-order valence-corrected chi connectivity index (χ0v) is 11.5. The van der Waals surface area contributed by atoms with Crippen molar-refractivity contribution < 1.29 is 23.8 Å². The van der Waals surface area contributed by atoms with Gasteiger partial charge in [0.2, 0.25) is 0 Å². The van der Waals surface area contributed by atoms with Gasteiger partial charge < -0.3 is 14.2 Å². The zero-order valence-electron chi connectivity index (χ0n) is 11.5. The average Bonchev–Trinajstić information content (AvgIpc) is 2.35. The minimum atomic E-state index is -0.321. The molecule has 0 heterocycles. The lowest BCUT2D eigenvalue weighted by atomic mass is 9.76. The topological polar surface area (TPSA) is 61.8 Å². The minimum Gasteiger partial charge on any atom is -0.469 e. The zero-order chi connectivity index (χ0) is 13.7. The molecule has 1 saturated carbocycles. The molecule has 0 aromatic rings. The summed E-state index contributed by atoms with van der Waals surface area (Å²) in [5, 5.41) is 0. The van der Waals surface area contributed by atoms with Crippen LogP contribution >= 0.6 is 0 Å². The first-order chi connectivity index (χ1) is 8.53. The van der Waals surface area contributed by atoms with Gasteiger partial charge >= 0.3 is 11.9 Å². The van der Waals surface area contributed by atoms with Crippen LogP contribution in [0, 0.1) is 11.8 Å². The van der Waals surface area contributed by atoms with Crippen LogP contribution in [-0.4, -0.2) is 38.4 Å². The summed E-state index contributed by atoms with van der Waals surface area (Å²) in [6.07, 6.45) is 1.65. The number of methoxy groups -OCH3 is 2. The van der Waals surface area contributed by atoms with Crippen LogP contribution in [0.3, 0.4) is 0 Å². The third-order valence-corrected chi connectivity index (χ3v) is 3.61. The van der Waals surface area contributed by atoms with Crippen LogP contribution in [0.5, 0.6) is 0 Å². The van der Waals surface area contributed by atoms with Crippen LogP contribution in [0.2, 0.25) is 0 Å². The Morgan fingerprint density at radius 2 is 1.78 bits per heavy atom. The van der Waals surface area contributed by atoms with Gasteiger partial charge in [0.1, 0.15) is 6.10 Å². The van der Waals surface area contributed by atoms with E-state index in [-0.39, 0.29) is 36.0 Å². The highest BCUT2D eigenvalue weighted by Gasteiger charge is 2.41. The first-order valence-electron chi connectivity index (χ1n) is 6.31. The van der Waals surface area contributed by atoms with Crippen LogP contribution in [0.4, 0.5) is 0 Å². The van der Waals surface area contributed by atoms with Crippen LogP contribution < -0.4 is 0 Å². The van der Waals surface area contributed by atoms with Crippen LogP contribution in [-0.2, 0) is 23.8 Å². The lowest BCUT2D eigenvalue weighted by Gasteiger charge is -2.39. The Balaban J connectivity index is 2.82. The fourth-order valence-corrected chi connectivity index (χ4v) is 2.75. The molecule has 1 aliphatic rings. The van der Waals surface area contributed by atoms with Gasteiger partial charge in [-0.15, -0.1) is 0 Å². The smallest absolute Gasteiger partial charge is 0.308 e. The Labute approximate surface area is 108 Å². The number of ether oxygens (including phenoxy) is 3. The van der Waals surface area contributed by atoms with Crippen molar-refractivity contribution in [3.8, 4) is 0 Å². The predicted octanol–water partition coefficient (Wildman–Crippen LogP) is 1.54. The molecule has 1 rings (SSSR count). The van der Waals surface area contributed by atoms with Crippen molar-refractivity contribution >= 4 is 11.9 Å². The molecule has 0 amide bonds. The van der Waals surface area contributed by atoms with E-state index in [2.05, 4.69) is 0 Å². The molecule has 0 saturated heterocycles. The summed E-state index contributed by atoms with van der Waals surface area (Å²) >= 11 is 0. The predicted molar refractivity (Wildman–Crippen MR) is 64.9 cm³/mol. The summed E-state index contributed by atoms with van der Waals surface area (Å²) in [7, 11) is 2.99. The maximum absolute atomic E-state index is 11.6. The first-order valence-corrected chi connectivity index (χ1v) is 6.31. The molecule has 0 N–H and O–H groups in total.